The molecular formula is C54H75N21O10. The Morgan fingerprint density at radius 1 is 0.424 bits per heavy atom. The Kier molecular flexibility index (Phi) is 26.6. The molecule has 4 atom stereocenters. The van der Waals surface area contributed by atoms with Gasteiger partial charge in [0.2, 0.25) is 29.5 Å². The zero-order valence-corrected chi connectivity index (χ0v) is 46.9. The molecule has 8 amide bonds. The molecule has 0 unspecified atom stereocenters. The van der Waals surface area contributed by atoms with E-state index in [1.54, 1.807) is 6.07 Å². The van der Waals surface area contributed by atoms with Crippen molar-refractivity contribution in [3.05, 3.63) is 107 Å². The summed E-state index contributed by atoms with van der Waals surface area (Å²) in [5.41, 5.74) is 33.8. The summed E-state index contributed by atoms with van der Waals surface area (Å²) < 4.78 is 11.0. The topological polar surface area (TPSA) is 539 Å². The molecule has 0 bridgehead atoms. The lowest BCUT2D eigenvalue weighted by Gasteiger charge is -2.22. The van der Waals surface area contributed by atoms with E-state index in [4.69, 9.17) is 65.5 Å². The number of rotatable bonds is 33. The molecule has 85 heavy (non-hydrogen) atoms. The van der Waals surface area contributed by atoms with Crippen LogP contribution >= 0.6 is 0 Å². The number of hydrogen-bond donors (Lipinski definition) is 21. The van der Waals surface area contributed by atoms with Gasteiger partial charge in [-0.05, 0) is 124 Å². The van der Waals surface area contributed by atoms with Crippen LogP contribution in [-0.2, 0) is 19.2 Å². The molecular weight excluding hydrogens is 1100 g/mol. The highest BCUT2D eigenvalue weighted by atomic mass is 16.5. The van der Waals surface area contributed by atoms with E-state index in [1.807, 2.05) is 0 Å². The summed E-state index contributed by atoms with van der Waals surface area (Å²) in [5.74, 6) is -6.73. The van der Waals surface area contributed by atoms with Gasteiger partial charge in [-0.2, -0.15) is 0 Å². The van der Waals surface area contributed by atoms with E-state index in [9.17, 15) is 38.4 Å². The third kappa shape index (κ3) is 23.0. The van der Waals surface area contributed by atoms with Crippen molar-refractivity contribution in [2.24, 2.45) is 34.4 Å². The predicted molar refractivity (Wildman–Crippen MR) is 320 cm³/mol. The van der Waals surface area contributed by atoms with Crippen molar-refractivity contribution < 1.29 is 47.8 Å². The van der Waals surface area contributed by atoms with Gasteiger partial charge < -0.3 is 102 Å². The number of primary amides is 1. The van der Waals surface area contributed by atoms with Gasteiger partial charge >= 0.3 is 0 Å². The first-order chi connectivity index (χ1) is 40.5. The maximum atomic E-state index is 14.3. The Labute approximate surface area is 489 Å². The number of nitrogens with one attached hydrogen (secondary N) is 15. The number of amides is 8. The maximum Gasteiger partial charge on any atom is 0.255 e. The third-order valence-electron chi connectivity index (χ3n) is 12.4. The molecule has 4 aromatic rings. The Morgan fingerprint density at radius 2 is 0.753 bits per heavy atom. The molecule has 456 valence electrons. The summed E-state index contributed by atoms with van der Waals surface area (Å²) in [5, 5.41) is 59.3. The monoisotopic (exact) mass is 1180 g/mol. The van der Waals surface area contributed by atoms with E-state index in [0.717, 1.165) is 0 Å². The fraction of sp³-hybridized carbons (Fsp3) is 0.333. The van der Waals surface area contributed by atoms with Crippen molar-refractivity contribution in [2.75, 3.05) is 61.7 Å². The quantitative estimate of drug-likeness (QED) is 0.0160. The van der Waals surface area contributed by atoms with Crippen molar-refractivity contribution in [1.29, 1.82) is 21.6 Å². The van der Waals surface area contributed by atoms with E-state index in [1.165, 1.54) is 93.1 Å². The van der Waals surface area contributed by atoms with Crippen molar-refractivity contribution in [3.63, 3.8) is 0 Å². The average Bonchev–Trinajstić information content (AvgIpc) is 3.66. The summed E-state index contributed by atoms with van der Waals surface area (Å²) in [6.07, 6.45) is 1.50. The van der Waals surface area contributed by atoms with Crippen LogP contribution < -0.4 is 102 Å². The molecule has 0 spiro atoms. The van der Waals surface area contributed by atoms with E-state index in [-0.39, 0.29) is 145 Å². The molecule has 0 radical (unpaired) electrons. The van der Waals surface area contributed by atoms with Crippen LogP contribution in [0.25, 0.3) is 0 Å². The Morgan fingerprint density at radius 3 is 1.12 bits per heavy atom. The zero-order valence-electron chi connectivity index (χ0n) is 46.9. The number of carbonyl (C=O) groups is 8. The molecule has 0 fully saturated rings. The number of benzene rings is 4. The Balaban J connectivity index is 1.56. The number of ether oxygens (including phenoxy) is 2. The highest BCUT2D eigenvalue weighted by molar-refractivity contribution is 6.07. The standard InChI is InChI=1S/C54H75N21O10/c1-84-41-19-17-33(71-48(81)38(14-6-22-66-52(59)60)73-44(77)30-10-4-12-32(26-30)69-47(80)37(55)13-5-21-65-51(57)58)27-35(41)46(79)75-40(16-8-24-68-54(63)64)50(83)72-34-18-20-42(85-2)36(28-34)45(78)74-39(15-7-23-67-53(61)62)49(82)70-31-11-3-9-29(25-31)43(56)76/h3-4,9-12,17-20,25-28,37-40H,5-8,13-16,21-24,55H2,1-2H3,(H2,56,76)(H,69,80)(H,70,82)(H,71,81)(H,72,83)(H,73,77)(H,74,78)(H,75,79)(H4,57,58,65)(H4,59,60,66)(H4,61,62,67)(H4,63,64,68)/t37-,38-,39-,40-/m1/s1. The van der Waals surface area contributed by atoms with Crippen LogP contribution in [0.3, 0.4) is 0 Å². The molecule has 0 saturated carbocycles. The zero-order chi connectivity index (χ0) is 62.6. The summed E-state index contributed by atoms with van der Waals surface area (Å²) in [6, 6.07) is 15.5. The van der Waals surface area contributed by atoms with E-state index < -0.39 is 71.4 Å². The summed E-state index contributed by atoms with van der Waals surface area (Å²) in [7, 11) is 2.61. The number of anilines is 4. The lowest BCUT2D eigenvalue weighted by atomic mass is 10.1. The maximum absolute atomic E-state index is 14.3. The minimum absolute atomic E-state index is 0.0263. The van der Waals surface area contributed by atoms with Crippen molar-refractivity contribution in [3.8, 4) is 11.5 Å². The number of nitrogens with two attached hydrogens (primary N) is 6. The van der Waals surface area contributed by atoms with Gasteiger partial charge in [0.25, 0.3) is 17.7 Å². The van der Waals surface area contributed by atoms with Gasteiger partial charge in [0.05, 0.1) is 31.4 Å². The van der Waals surface area contributed by atoms with Gasteiger partial charge in [0.15, 0.2) is 23.8 Å². The molecule has 0 aliphatic carbocycles. The van der Waals surface area contributed by atoms with Crippen LogP contribution in [0, 0.1) is 21.6 Å². The van der Waals surface area contributed by atoms with E-state index in [2.05, 4.69) is 58.5 Å². The largest absolute Gasteiger partial charge is 0.496 e. The van der Waals surface area contributed by atoms with Gasteiger partial charge in [-0.25, -0.2) is 0 Å². The van der Waals surface area contributed by atoms with E-state index in [0.29, 0.717) is 13.0 Å². The van der Waals surface area contributed by atoms with Crippen molar-refractivity contribution in [1.82, 2.24) is 37.2 Å². The van der Waals surface area contributed by atoms with Crippen LogP contribution in [0.2, 0.25) is 0 Å². The molecule has 31 heteroatoms. The van der Waals surface area contributed by atoms with Crippen LogP contribution in [0.15, 0.2) is 84.9 Å². The fourth-order valence-electron chi connectivity index (χ4n) is 8.12. The molecule has 31 nitrogen and oxygen atoms in total. The van der Waals surface area contributed by atoms with E-state index >= 15 is 0 Å². The minimum Gasteiger partial charge on any atom is -0.496 e. The molecule has 4 aromatic carbocycles. The predicted octanol–water partition coefficient (Wildman–Crippen LogP) is -0.667. The molecule has 0 aromatic heterocycles. The first-order valence-electron chi connectivity index (χ1n) is 26.6. The smallest absolute Gasteiger partial charge is 0.255 e. The number of methoxy groups -OCH3 is 2. The molecule has 4 rings (SSSR count). The summed E-state index contributed by atoms with van der Waals surface area (Å²) in [4.78, 5) is 109. The number of hydrogen-bond acceptors (Lipinski definition) is 15. The van der Waals surface area contributed by atoms with Gasteiger partial charge in [-0.1, -0.05) is 12.1 Å². The first kappa shape index (κ1) is 66.8. The van der Waals surface area contributed by atoms with Crippen molar-refractivity contribution in [2.45, 2.75) is 75.5 Å². The van der Waals surface area contributed by atoms with Crippen LogP contribution in [0.1, 0.15) is 92.8 Å². The minimum atomic E-state index is -1.30. The molecule has 0 heterocycles. The second kappa shape index (κ2) is 33.9. The van der Waals surface area contributed by atoms with Crippen LogP contribution in [0.5, 0.6) is 11.5 Å². The summed E-state index contributed by atoms with van der Waals surface area (Å²) in [6.45, 7) is 0.828. The molecule has 0 aliphatic rings. The lowest BCUT2D eigenvalue weighted by Crippen LogP contribution is -2.45. The second-order valence-corrected chi connectivity index (χ2v) is 18.9. The average molecular weight is 1180 g/mol. The normalized spacial score (nSPS) is 11.9. The lowest BCUT2D eigenvalue weighted by molar-refractivity contribution is -0.118. The van der Waals surface area contributed by atoms with Crippen LogP contribution in [-0.4, -0.2) is 136 Å². The van der Waals surface area contributed by atoms with Gasteiger partial charge in [0, 0.05) is 60.1 Å². The molecule has 0 saturated heterocycles. The second-order valence-electron chi connectivity index (χ2n) is 18.9. The number of carbonyl (C=O) groups excluding carboxylic acids is 8. The number of guanidine groups is 4. The molecule has 0 aliphatic heterocycles. The third-order valence-corrected chi connectivity index (χ3v) is 12.4. The molecule has 27 N–H and O–H groups in total. The SMILES string of the molecule is COc1ccc(NC(=O)[C@@H](CCCNC(=N)N)NC(=O)c2cccc(NC(=O)[C@H](N)CCCNC(=N)N)c2)cc1C(=O)N[C@H](CCCNC(=N)N)C(=O)Nc1ccc(OC)c(C(=O)N[C@H](CCCNC(=N)N)C(=O)Nc2cccc(C(N)=O)c2)c1. The van der Waals surface area contributed by atoms with Gasteiger partial charge in [0.1, 0.15) is 29.6 Å². The van der Waals surface area contributed by atoms with Crippen molar-refractivity contribution >= 4 is 93.8 Å². The summed E-state index contributed by atoms with van der Waals surface area (Å²) >= 11 is 0. The highest BCUT2D eigenvalue weighted by Crippen LogP contribution is 2.26. The van der Waals surface area contributed by atoms with Gasteiger partial charge in [-0.15, -0.1) is 0 Å². The first-order valence-corrected chi connectivity index (χ1v) is 26.6. The fourth-order valence-corrected chi connectivity index (χ4v) is 8.12. The Hall–Kier alpha value is -10.7. The highest BCUT2D eigenvalue weighted by Gasteiger charge is 2.28. The van der Waals surface area contributed by atoms with Crippen LogP contribution in [0.4, 0.5) is 22.7 Å². The van der Waals surface area contributed by atoms with Gasteiger partial charge in [-0.3, -0.25) is 60.0 Å². The Bertz CT molecular complexity index is 3090.